The Balaban J connectivity index is 2.28. The zero-order chi connectivity index (χ0) is 20.8. The molecule has 0 saturated carbocycles. The fourth-order valence-corrected chi connectivity index (χ4v) is 3.99. The summed E-state index contributed by atoms with van der Waals surface area (Å²) in [7, 11) is 2.83. The molecule has 2 unspecified atom stereocenters. The number of allylic oxidation sites excluding steroid dienone is 1. The van der Waals surface area contributed by atoms with Crippen molar-refractivity contribution in [3.05, 3.63) is 23.8 Å². The summed E-state index contributed by atoms with van der Waals surface area (Å²) >= 11 is 0. The minimum atomic E-state index is -0.616. The van der Waals surface area contributed by atoms with Crippen LogP contribution in [0, 0.1) is 17.2 Å². The van der Waals surface area contributed by atoms with E-state index >= 15 is 4.39 Å². The van der Waals surface area contributed by atoms with Crippen molar-refractivity contribution in [1.29, 1.82) is 0 Å². The molecule has 1 aliphatic rings. The third-order valence-electron chi connectivity index (χ3n) is 4.99. The average molecular weight is 386 g/mol. The summed E-state index contributed by atoms with van der Waals surface area (Å²) in [5.41, 5.74) is 8.12. The fraction of sp³-hybridized carbons (Fsp3) is 0.476. The van der Waals surface area contributed by atoms with Crippen molar-refractivity contribution in [2.75, 3.05) is 20.0 Å². The first-order chi connectivity index (χ1) is 13.1. The topological polar surface area (TPSA) is 82.6 Å². The molecule has 2 heterocycles. The highest BCUT2D eigenvalue weighted by atomic mass is 19.1. The lowest BCUT2D eigenvalue weighted by Gasteiger charge is -2.35. The molecule has 2 aromatic rings. The minimum absolute atomic E-state index is 0.00348. The van der Waals surface area contributed by atoms with Gasteiger partial charge in [0.1, 0.15) is 11.3 Å². The van der Waals surface area contributed by atoms with Crippen LogP contribution in [0.1, 0.15) is 40.4 Å². The highest BCUT2D eigenvalue weighted by Gasteiger charge is 2.35. The van der Waals surface area contributed by atoms with E-state index in [1.54, 1.807) is 6.07 Å². The Morgan fingerprint density at radius 1 is 1.14 bits per heavy atom. The van der Waals surface area contributed by atoms with E-state index in [4.69, 9.17) is 20.2 Å². The van der Waals surface area contributed by atoms with Crippen molar-refractivity contribution in [3.63, 3.8) is 0 Å². The van der Waals surface area contributed by atoms with Gasteiger partial charge in [-0.15, -0.1) is 0 Å². The van der Waals surface area contributed by atoms with E-state index in [-0.39, 0.29) is 40.2 Å². The van der Waals surface area contributed by atoms with Gasteiger partial charge in [0.25, 0.3) is 0 Å². The molecule has 1 aromatic carbocycles. The molecule has 0 saturated heterocycles. The van der Waals surface area contributed by atoms with E-state index in [0.29, 0.717) is 11.2 Å². The first-order valence-corrected chi connectivity index (χ1v) is 9.22. The Morgan fingerprint density at radius 3 is 2.39 bits per heavy atom. The summed E-state index contributed by atoms with van der Waals surface area (Å²) in [6, 6.07) is 1.59. The summed E-state index contributed by atoms with van der Waals surface area (Å²) in [5.74, 6) is 0.239. The smallest absolute Gasteiger partial charge is 0.199 e. The third kappa shape index (κ3) is 3.30. The standard InChI is InChI=1S/C21H27FN4O2/c1-10-8-12(15(11(2)24-10)21(3,4)5)20-25-17-13(19(23)26-20)9-14(27-6)18(28-7)16(17)22/h8-10,15H,1-7H3,(H2,23,25,26). The normalized spacial score (nSPS) is 20.0. The van der Waals surface area contributed by atoms with Gasteiger partial charge in [-0.1, -0.05) is 26.8 Å². The van der Waals surface area contributed by atoms with Crippen molar-refractivity contribution in [2.45, 2.75) is 40.7 Å². The zero-order valence-electron chi connectivity index (χ0n) is 17.4. The lowest BCUT2D eigenvalue weighted by Crippen LogP contribution is -2.32. The van der Waals surface area contributed by atoms with Crippen molar-refractivity contribution in [2.24, 2.45) is 16.3 Å². The van der Waals surface area contributed by atoms with Crippen LogP contribution in [0.15, 0.2) is 17.1 Å². The van der Waals surface area contributed by atoms with Crippen LogP contribution in [0.25, 0.3) is 16.5 Å². The number of nitrogens with zero attached hydrogens (tertiary/aromatic N) is 3. The first-order valence-electron chi connectivity index (χ1n) is 9.22. The molecule has 7 heteroatoms. The van der Waals surface area contributed by atoms with Crippen LogP contribution < -0.4 is 15.2 Å². The average Bonchev–Trinajstić information content (AvgIpc) is 2.60. The van der Waals surface area contributed by atoms with Gasteiger partial charge in [0, 0.05) is 22.6 Å². The third-order valence-corrected chi connectivity index (χ3v) is 4.99. The SMILES string of the molecule is COc1cc2c(N)nc(C3=CC(C)N=C(C)C3C(C)(C)C)nc2c(F)c1OC. The summed E-state index contributed by atoms with van der Waals surface area (Å²) in [4.78, 5) is 13.8. The van der Waals surface area contributed by atoms with Crippen LogP contribution in [-0.4, -0.2) is 35.9 Å². The second-order valence-electron chi connectivity index (χ2n) is 8.19. The molecule has 150 valence electrons. The molecule has 28 heavy (non-hydrogen) atoms. The summed E-state index contributed by atoms with van der Waals surface area (Å²) in [6.07, 6.45) is 2.03. The van der Waals surface area contributed by atoms with E-state index in [9.17, 15) is 0 Å². The van der Waals surface area contributed by atoms with Gasteiger partial charge < -0.3 is 15.2 Å². The number of ether oxygens (including phenoxy) is 2. The van der Waals surface area contributed by atoms with Gasteiger partial charge in [0.15, 0.2) is 23.1 Å². The number of aliphatic imine (C=N–C) groups is 1. The minimum Gasteiger partial charge on any atom is -0.493 e. The summed E-state index contributed by atoms with van der Waals surface area (Å²) in [5, 5.41) is 0.390. The lowest BCUT2D eigenvalue weighted by atomic mass is 9.72. The van der Waals surface area contributed by atoms with Crippen LogP contribution in [0.4, 0.5) is 10.2 Å². The summed E-state index contributed by atoms with van der Waals surface area (Å²) < 4.78 is 25.5. The molecule has 3 rings (SSSR count). The Morgan fingerprint density at radius 2 is 1.82 bits per heavy atom. The zero-order valence-corrected chi connectivity index (χ0v) is 17.4. The highest BCUT2D eigenvalue weighted by Crippen LogP contribution is 2.42. The van der Waals surface area contributed by atoms with Gasteiger partial charge >= 0.3 is 0 Å². The van der Waals surface area contributed by atoms with Crippen LogP contribution in [0.5, 0.6) is 11.5 Å². The van der Waals surface area contributed by atoms with Crippen molar-refractivity contribution < 1.29 is 13.9 Å². The molecule has 2 atom stereocenters. The molecule has 1 aromatic heterocycles. The van der Waals surface area contributed by atoms with Crippen LogP contribution in [0.3, 0.4) is 0 Å². The quantitative estimate of drug-likeness (QED) is 0.851. The van der Waals surface area contributed by atoms with E-state index in [2.05, 4.69) is 30.7 Å². The number of benzene rings is 1. The monoisotopic (exact) mass is 386 g/mol. The van der Waals surface area contributed by atoms with Gasteiger partial charge in [-0.25, -0.2) is 14.4 Å². The molecule has 6 nitrogen and oxygen atoms in total. The number of aromatic nitrogens is 2. The molecule has 1 aliphatic heterocycles. The molecular formula is C21H27FN4O2. The van der Waals surface area contributed by atoms with Crippen LogP contribution in [-0.2, 0) is 0 Å². The molecule has 0 fully saturated rings. The van der Waals surface area contributed by atoms with Gasteiger partial charge in [-0.3, -0.25) is 4.99 Å². The second-order valence-corrected chi connectivity index (χ2v) is 8.19. The van der Waals surface area contributed by atoms with Gasteiger partial charge in [-0.05, 0) is 25.3 Å². The number of rotatable bonds is 3. The van der Waals surface area contributed by atoms with Crippen molar-refractivity contribution in [3.8, 4) is 11.5 Å². The van der Waals surface area contributed by atoms with Gasteiger partial charge in [0.2, 0.25) is 0 Å². The maximum atomic E-state index is 15.1. The van der Waals surface area contributed by atoms with E-state index in [1.165, 1.54) is 14.2 Å². The van der Waals surface area contributed by atoms with E-state index < -0.39 is 5.82 Å². The number of nitrogens with two attached hydrogens (primary N) is 1. The Labute approximate surface area is 164 Å². The van der Waals surface area contributed by atoms with Gasteiger partial charge in [-0.2, -0.15) is 0 Å². The fourth-order valence-electron chi connectivity index (χ4n) is 3.99. The Hall–Kier alpha value is -2.70. The second kappa shape index (κ2) is 7.04. The number of methoxy groups -OCH3 is 2. The Bertz CT molecular complexity index is 992. The summed E-state index contributed by atoms with van der Waals surface area (Å²) in [6.45, 7) is 10.4. The molecule has 0 spiro atoms. The number of nitrogen functional groups attached to an aromatic ring is 1. The largest absolute Gasteiger partial charge is 0.493 e. The Kier molecular flexibility index (Phi) is 5.04. The predicted molar refractivity (Wildman–Crippen MR) is 111 cm³/mol. The maximum Gasteiger partial charge on any atom is 0.199 e. The number of fused-ring (bicyclic) bond motifs is 1. The number of dihydropyridines is 1. The van der Waals surface area contributed by atoms with Crippen molar-refractivity contribution >= 4 is 28.0 Å². The molecule has 0 bridgehead atoms. The molecule has 0 aliphatic carbocycles. The molecule has 2 N–H and O–H groups in total. The highest BCUT2D eigenvalue weighted by molar-refractivity contribution is 5.99. The van der Waals surface area contributed by atoms with Crippen LogP contribution in [0.2, 0.25) is 0 Å². The number of anilines is 1. The number of halogens is 1. The molecule has 0 radical (unpaired) electrons. The van der Waals surface area contributed by atoms with Crippen molar-refractivity contribution in [1.82, 2.24) is 9.97 Å². The maximum absolute atomic E-state index is 15.1. The molecular weight excluding hydrogens is 359 g/mol. The molecule has 0 amide bonds. The first kappa shape index (κ1) is 20.0. The predicted octanol–water partition coefficient (Wildman–Crippen LogP) is 4.28. The van der Waals surface area contributed by atoms with Crippen LogP contribution >= 0.6 is 0 Å². The lowest BCUT2D eigenvalue weighted by molar-refractivity contribution is 0.339. The number of hydrogen-bond acceptors (Lipinski definition) is 6. The van der Waals surface area contributed by atoms with Gasteiger partial charge in [0.05, 0.1) is 20.3 Å². The van der Waals surface area contributed by atoms with E-state index in [0.717, 1.165) is 11.3 Å². The van der Waals surface area contributed by atoms with E-state index in [1.807, 2.05) is 19.9 Å². The number of hydrogen-bond donors (Lipinski definition) is 1.